The molecule has 0 fully saturated rings. The predicted octanol–water partition coefficient (Wildman–Crippen LogP) is 5.36. The van der Waals surface area contributed by atoms with Gasteiger partial charge >= 0.3 is 0 Å². The van der Waals surface area contributed by atoms with Crippen molar-refractivity contribution in [3.63, 3.8) is 0 Å². The van der Waals surface area contributed by atoms with Gasteiger partial charge in [0.1, 0.15) is 17.3 Å². The Morgan fingerprint density at radius 3 is 2.47 bits per heavy atom. The van der Waals surface area contributed by atoms with Gasteiger partial charge in [-0.25, -0.2) is 9.07 Å². The second kappa shape index (κ2) is 12.5. The topological polar surface area (TPSA) is 72.9 Å². The minimum absolute atomic E-state index is 0.244. The third-order valence-corrected chi connectivity index (χ3v) is 5.71. The number of benzene rings is 2. The van der Waals surface area contributed by atoms with E-state index in [1.807, 2.05) is 56.3 Å². The van der Waals surface area contributed by atoms with Crippen LogP contribution in [0.2, 0.25) is 0 Å². The maximum atomic E-state index is 13.7. The molecule has 0 aliphatic carbocycles. The minimum Gasteiger partial charge on any atom is -0.468 e. The fourth-order valence-corrected chi connectivity index (χ4v) is 4.02. The third-order valence-electron chi connectivity index (χ3n) is 5.71. The van der Waals surface area contributed by atoms with E-state index in [-0.39, 0.29) is 12.4 Å². The molecule has 0 aliphatic rings. The SMILES string of the molecule is CCOC[C@H](O)CN(Cc1ccco1)Cc1c(CC)nn(-c2ccc(F)cc2)c1Oc1ccccc1. The maximum Gasteiger partial charge on any atom is 0.227 e. The Morgan fingerprint density at radius 1 is 1.03 bits per heavy atom. The molecule has 0 spiro atoms. The molecule has 36 heavy (non-hydrogen) atoms. The van der Waals surface area contributed by atoms with Crippen LogP contribution in [0.5, 0.6) is 11.6 Å². The van der Waals surface area contributed by atoms with Gasteiger partial charge in [-0.1, -0.05) is 25.1 Å². The second-order valence-electron chi connectivity index (χ2n) is 8.45. The number of furan rings is 1. The molecule has 2 aromatic carbocycles. The molecule has 4 aromatic rings. The molecule has 1 atom stereocenters. The quantitative estimate of drug-likeness (QED) is 0.270. The standard InChI is InChI=1S/C28H32FN3O4/c1-3-27-26(19-31(17-23(33)20-34-4-2)18-25-11-8-16-35-25)28(36-24-9-6-5-7-10-24)32(30-27)22-14-12-21(29)13-15-22/h5-16,23,33H,3-4,17-20H2,1-2H3/t23-/m1/s1. The molecular formula is C28H32FN3O4. The average Bonchev–Trinajstić information content (AvgIpc) is 3.52. The fraction of sp³-hybridized carbons (Fsp3) is 0.321. The van der Waals surface area contributed by atoms with Gasteiger partial charge in [-0.05, 0) is 61.9 Å². The number of rotatable bonds is 13. The van der Waals surface area contributed by atoms with Crippen molar-refractivity contribution in [3.8, 4) is 17.3 Å². The Kier molecular flexibility index (Phi) is 8.89. The Balaban J connectivity index is 1.72. The number of aliphatic hydroxyl groups excluding tert-OH is 1. The zero-order valence-electron chi connectivity index (χ0n) is 20.6. The summed E-state index contributed by atoms with van der Waals surface area (Å²) in [6.07, 6.45) is 1.64. The lowest BCUT2D eigenvalue weighted by Gasteiger charge is -2.24. The van der Waals surface area contributed by atoms with Gasteiger partial charge in [-0.2, -0.15) is 5.10 Å². The Labute approximate surface area is 210 Å². The van der Waals surface area contributed by atoms with Crippen LogP contribution < -0.4 is 4.74 Å². The van der Waals surface area contributed by atoms with Crippen molar-refractivity contribution in [2.75, 3.05) is 19.8 Å². The van der Waals surface area contributed by atoms with E-state index in [2.05, 4.69) is 4.90 Å². The molecule has 7 nitrogen and oxygen atoms in total. The van der Waals surface area contributed by atoms with Gasteiger partial charge in [0.05, 0.1) is 42.5 Å². The zero-order chi connectivity index (χ0) is 25.3. The molecule has 0 bridgehead atoms. The lowest BCUT2D eigenvalue weighted by atomic mass is 10.1. The highest BCUT2D eigenvalue weighted by Crippen LogP contribution is 2.32. The van der Waals surface area contributed by atoms with E-state index in [4.69, 9.17) is 19.0 Å². The number of halogens is 1. The average molecular weight is 494 g/mol. The van der Waals surface area contributed by atoms with Crippen LogP contribution in [0.1, 0.15) is 30.9 Å². The summed E-state index contributed by atoms with van der Waals surface area (Å²) in [4.78, 5) is 2.09. The first kappa shape index (κ1) is 25.6. The number of nitrogens with zero attached hydrogens (tertiary/aromatic N) is 3. The smallest absolute Gasteiger partial charge is 0.227 e. The largest absolute Gasteiger partial charge is 0.468 e. The number of aliphatic hydroxyl groups is 1. The zero-order valence-corrected chi connectivity index (χ0v) is 20.6. The van der Waals surface area contributed by atoms with Crippen LogP contribution in [0.25, 0.3) is 5.69 Å². The van der Waals surface area contributed by atoms with E-state index in [9.17, 15) is 9.50 Å². The molecule has 1 N–H and O–H groups in total. The summed E-state index contributed by atoms with van der Waals surface area (Å²) in [6.45, 7) is 6.03. The first-order valence-electron chi connectivity index (χ1n) is 12.2. The first-order chi connectivity index (χ1) is 17.6. The summed E-state index contributed by atoms with van der Waals surface area (Å²) in [5.74, 6) is 1.68. The number of ether oxygens (including phenoxy) is 2. The van der Waals surface area contributed by atoms with Gasteiger partial charge in [0, 0.05) is 19.7 Å². The molecule has 2 heterocycles. The molecule has 4 rings (SSSR count). The van der Waals surface area contributed by atoms with Gasteiger partial charge in [-0.15, -0.1) is 0 Å². The van der Waals surface area contributed by atoms with Crippen LogP contribution in [-0.2, 0) is 24.2 Å². The second-order valence-corrected chi connectivity index (χ2v) is 8.45. The molecule has 2 aromatic heterocycles. The predicted molar refractivity (Wildman–Crippen MR) is 135 cm³/mol. The van der Waals surface area contributed by atoms with Crippen molar-refractivity contribution < 1.29 is 23.4 Å². The lowest BCUT2D eigenvalue weighted by Crippen LogP contribution is -2.34. The van der Waals surface area contributed by atoms with Gasteiger partial charge in [0.25, 0.3) is 0 Å². The van der Waals surface area contributed by atoms with E-state index in [0.717, 1.165) is 17.0 Å². The summed E-state index contributed by atoms with van der Waals surface area (Å²) in [6, 6.07) is 19.4. The highest BCUT2D eigenvalue weighted by Gasteiger charge is 2.24. The summed E-state index contributed by atoms with van der Waals surface area (Å²) < 4.78 is 32.8. The molecule has 8 heteroatoms. The van der Waals surface area contributed by atoms with Crippen LogP contribution in [-0.4, -0.2) is 45.6 Å². The van der Waals surface area contributed by atoms with Crippen LogP contribution in [0.4, 0.5) is 4.39 Å². The monoisotopic (exact) mass is 493 g/mol. The van der Waals surface area contributed by atoms with Crippen LogP contribution >= 0.6 is 0 Å². The van der Waals surface area contributed by atoms with Crippen LogP contribution in [0.15, 0.2) is 77.4 Å². The summed E-state index contributed by atoms with van der Waals surface area (Å²) >= 11 is 0. The molecule has 0 unspecified atom stereocenters. The normalized spacial score (nSPS) is 12.2. The molecule has 0 saturated heterocycles. The first-order valence-corrected chi connectivity index (χ1v) is 12.2. The van der Waals surface area contributed by atoms with E-state index in [1.165, 1.54) is 12.1 Å². The Morgan fingerprint density at radius 2 is 1.81 bits per heavy atom. The van der Waals surface area contributed by atoms with Crippen molar-refractivity contribution in [2.24, 2.45) is 0 Å². The number of aryl methyl sites for hydroxylation is 1. The number of hydrogen-bond donors (Lipinski definition) is 1. The molecule has 0 saturated carbocycles. The Bertz CT molecular complexity index is 1190. The maximum absolute atomic E-state index is 13.7. The van der Waals surface area contributed by atoms with E-state index in [0.29, 0.717) is 50.0 Å². The Hall–Kier alpha value is -3.46. The van der Waals surface area contributed by atoms with Crippen LogP contribution in [0, 0.1) is 5.82 Å². The van der Waals surface area contributed by atoms with Crippen molar-refractivity contribution in [1.82, 2.24) is 14.7 Å². The van der Waals surface area contributed by atoms with Gasteiger partial charge < -0.3 is 19.0 Å². The minimum atomic E-state index is -0.671. The molecule has 0 amide bonds. The molecule has 0 aliphatic heterocycles. The van der Waals surface area contributed by atoms with E-state index < -0.39 is 6.10 Å². The highest BCUT2D eigenvalue weighted by molar-refractivity contribution is 5.44. The molecule has 0 radical (unpaired) electrons. The number of aromatic nitrogens is 2. The van der Waals surface area contributed by atoms with Gasteiger partial charge in [0.15, 0.2) is 0 Å². The summed E-state index contributed by atoms with van der Waals surface area (Å²) in [7, 11) is 0. The van der Waals surface area contributed by atoms with Crippen molar-refractivity contribution in [1.29, 1.82) is 0 Å². The van der Waals surface area contributed by atoms with Gasteiger partial charge in [-0.3, -0.25) is 4.90 Å². The van der Waals surface area contributed by atoms with Gasteiger partial charge in [0.2, 0.25) is 5.88 Å². The summed E-state index contributed by atoms with van der Waals surface area (Å²) in [5.41, 5.74) is 2.44. The third kappa shape index (κ3) is 6.60. The highest BCUT2D eigenvalue weighted by atomic mass is 19.1. The van der Waals surface area contributed by atoms with E-state index >= 15 is 0 Å². The van der Waals surface area contributed by atoms with Crippen LogP contribution in [0.3, 0.4) is 0 Å². The fourth-order valence-electron chi connectivity index (χ4n) is 4.02. The van der Waals surface area contributed by atoms with Crippen molar-refractivity contribution in [3.05, 3.63) is 95.8 Å². The number of hydrogen-bond acceptors (Lipinski definition) is 6. The lowest BCUT2D eigenvalue weighted by molar-refractivity contribution is 0.0166. The van der Waals surface area contributed by atoms with E-state index in [1.54, 1.807) is 23.1 Å². The molecule has 190 valence electrons. The molecular weight excluding hydrogens is 461 g/mol. The van der Waals surface area contributed by atoms with Crippen molar-refractivity contribution >= 4 is 0 Å². The summed E-state index contributed by atoms with van der Waals surface area (Å²) in [5, 5.41) is 15.4. The van der Waals surface area contributed by atoms with Crippen molar-refractivity contribution in [2.45, 2.75) is 39.5 Å². The number of para-hydroxylation sites is 1.